The molecule has 1 nitrogen and oxygen atoms in total. The van der Waals surface area contributed by atoms with Gasteiger partial charge in [0, 0.05) is 0 Å². The third-order valence-corrected chi connectivity index (χ3v) is 3.36. The summed E-state index contributed by atoms with van der Waals surface area (Å²) < 4.78 is 13.0. The minimum absolute atomic E-state index is 0.276. The normalized spacial score (nSPS) is 20.7. The first-order valence-corrected chi connectivity index (χ1v) is 5.56. The van der Waals surface area contributed by atoms with Crippen molar-refractivity contribution in [1.82, 2.24) is 0 Å². The van der Waals surface area contributed by atoms with Gasteiger partial charge >= 0.3 is 0 Å². The Morgan fingerprint density at radius 1 is 1.47 bits per heavy atom. The molecule has 1 aliphatic rings. The molecular formula is C13H17FO. The molecule has 0 saturated heterocycles. The quantitative estimate of drug-likeness (QED) is 0.808. The summed E-state index contributed by atoms with van der Waals surface area (Å²) in [5.41, 5.74) is -0.193. The van der Waals surface area contributed by atoms with Gasteiger partial charge in [0.1, 0.15) is 5.82 Å². The van der Waals surface area contributed by atoms with E-state index in [9.17, 15) is 9.50 Å². The van der Waals surface area contributed by atoms with Gasteiger partial charge in [0.2, 0.25) is 0 Å². The lowest BCUT2D eigenvalue weighted by molar-refractivity contribution is 0.0159. The molecule has 1 aromatic rings. The molecule has 1 unspecified atom stereocenters. The average Bonchev–Trinajstić information content (AvgIpc) is 2.12. The number of benzene rings is 1. The molecule has 0 heterocycles. The van der Waals surface area contributed by atoms with Crippen LogP contribution in [0.2, 0.25) is 0 Å². The number of hydrogen-bond donors (Lipinski definition) is 1. The minimum Gasteiger partial charge on any atom is -0.385 e. The lowest BCUT2D eigenvalue weighted by Crippen LogP contribution is -2.28. The zero-order valence-corrected chi connectivity index (χ0v) is 9.04. The van der Waals surface area contributed by atoms with Crippen LogP contribution in [0.3, 0.4) is 0 Å². The van der Waals surface area contributed by atoms with Crippen LogP contribution in [0.4, 0.5) is 4.39 Å². The highest BCUT2D eigenvalue weighted by molar-refractivity contribution is 5.22. The first-order chi connectivity index (χ1) is 7.08. The second-order valence-corrected chi connectivity index (χ2v) is 4.79. The number of rotatable bonds is 3. The van der Waals surface area contributed by atoms with Crippen LogP contribution in [-0.4, -0.2) is 5.11 Å². The first-order valence-electron chi connectivity index (χ1n) is 5.56. The van der Waals surface area contributed by atoms with Gasteiger partial charge in [-0.3, -0.25) is 0 Å². The molecule has 0 amide bonds. The van der Waals surface area contributed by atoms with Crippen molar-refractivity contribution in [3.8, 4) is 0 Å². The van der Waals surface area contributed by atoms with Crippen molar-refractivity contribution in [2.24, 2.45) is 5.92 Å². The van der Waals surface area contributed by atoms with Crippen molar-refractivity contribution >= 4 is 0 Å². The van der Waals surface area contributed by atoms with Crippen LogP contribution < -0.4 is 0 Å². The lowest BCUT2D eigenvalue weighted by Gasteiger charge is -2.33. The maximum absolute atomic E-state index is 13.0. The van der Waals surface area contributed by atoms with Gasteiger partial charge in [-0.1, -0.05) is 31.4 Å². The van der Waals surface area contributed by atoms with E-state index in [-0.39, 0.29) is 5.82 Å². The van der Waals surface area contributed by atoms with E-state index in [2.05, 4.69) is 0 Å². The van der Waals surface area contributed by atoms with Crippen LogP contribution >= 0.6 is 0 Å². The van der Waals surface area contributed by atoms with Crippen LogP contribution in [0.25, 0.3) is 0 Å². The summed E-state index contributed by atoms with van der Waals surface area (Å²) in [6.45, 7) is 1.78. The van der Waals surface area contributed by atoms with Crippen molar-refractivity contribution in [2.45, 2.75) is 38.2 Å². The third kappa shape index (κ3) is 2.37. The summed E-state index contributed by atoms with van der Waals surface area (Å²) in [5.74, 6) is 0.338. The van der Waals surface area contributed by atoms with E-state index in [0.29, 0.717) is 11.5 Å². The summed E-state index contributed by atoms with van der Waals surface area (Å²) >= 11 is 0. The molecule has 1 saturated carbocycles. The summed E-state index contributed by atoms with van der Waals surface area (Å²) in [4.78, 5) is 0. The topological polar surface area (TPSA) is 20.2 Å². The van der Waals surface area contributed by atoms with E-state index in [1.165, 1.54) is 31.4 Å². The first kappa shape index (κ1) is 10.6. The molecule has 1 fully saturated rings. The Morgan fingerprint density at radius 3 is 2.73 bits per heavy atom. The largest absolute Gasteiger partial charge is 0.385 e. The summed E-state index contributed by atoms with van der Waals surface area (Å²) in [7, 11) is 0. The number of halogens is 1. The molecule has 2 heteroatoms. The molecule has 0 spiro atoms. The maximum Gasteiger partial charge on any atom is 0.123 e. The smallest absolute Gasteiger partial charge is 0.123 e. The van der Waals surface area contributed by atoms with Crippen molar-refractivity contribution in [1.29, 1.82) is 0 Å². The number of aliphatic hydroxyl groups is 1. The molecule has 15 heavy (non-hydrogen) atoms. The Bertz CT molecular complexity index is 342. The van der Waals surface area contributed by atoms with Gasteiger partial charge in [-0.2, -0.15) is 0 Å². The summed E-state index contributed by atoms with van der Waals surface area (Å²) in [5, 5.41) is 10.3. The average molecular weight is 208 g/mol. The van der Waals surface area contributed by atoms with E-state index in [1.54, 1.807) is 19.1 Å². The van der Waals surface area contributed by atoms with Gasteiger partial charge in [0.15, 0.2) is 0 Å². The van der Waals surface area contributed by atoms with Gasteiger partial charge in [0.25, 0.3) is 0 Å². The second kappa shape index (κ2) is 3.93. The monoisotopic (exact) mass is 208 g/mol. The third-order valence-electron chi connectivity index (χ3n) is 3.36. The maximum atomic E-state index is 13.0. The number of hydrogen-bond acceptors (Lipinski definition) is 1. The van der Waals surface area contributed by atoms with Crippen LogP contribution in [0, 0.1) is 11.7 Å². The fourth-order valence-corrected chi connectivity index (χ4v) is 2.20. The minimum atomic E-state index is -0.882. The Labute approximate surface area is 89.9 Å². The molecule has 0 radical (unpaired) electrons. The van der Waals surface area contributed by atoms with Crippen molar-refractivity contribution in [2.75, 3.05) is 0 Å². The van der Waals surface area contributed by atoms with Crippen molar-refractivity contribution in [3.05, 3.63) is 35.6 Å². The predicted octanol–water partition coefficient (Wildman–Crippen LogP) is 3.22. The fraction of sp³-hybridized carbons (Fsp3) is 0.538. The molecule has 1 aliphatic carbocycles. The molecule has 1 aromatic carbocycles. The molecule has 1 N–H and O–H groups in total. The van der Waals surface area contributed by atoms with Crippen LogP contribution in [-0.2, 0) is 5.60 Å². The zero-order valence-electron chi connectivity index (χ0n) is 9.04. The van der Waals surface area contributed by atoms with E-state index in [0.717, 1.165) is 6.42 Å². The van der Waals surface area contributed by atoms with E-state index < -0.39 is 5.60 Å². The highest BCUT2D eigenvalue weighted by Gasteiger charge is 2.30. The Kier molecular flexibility index (Phi) is 2.79. The van der Waals surface area contributed by atoms with Crippen LogP contribution in [0.1, 0.15) is 38.2 Å². The fourth-order valence-electron chi connectivity index (χ4n) is 2.20. The molecular weight excluding hydrogens is 191 g/mol. The molecule has 82 valence electrons. The van der Waals surface area contributed by atoms with Crippen molar-refractivity contribution in [3.63, 3.8) is 0 Å². The Balaban J connectivity index is 2.12. The summed E-state index contributed by atoms with van der Waals surface area (Å²) in [6, 6.07) is 6.28. The molecule has 1 atom stereocenters. The Morgan fingerprint density at radius 2 is 2.20 bits per heavy atom. The van der Waals surface area contributed by atoms with Gasteiger partial charge in [-0.05, 0) is 37.0 Å². The summed E-state index contributed by atoms with van der Waals surface area (Å²) in [6.07, 6.45) is 4.41. The lowest BCUT2D eigenvalue weighted by atomic mass is 9.76. The molecule has 0 aliphatic heterocycles. The van der Waals surface area contributed by atoms with E-state index >= 15 is 0 Å². The highest BCUT2D eigenvalue weighted by Crippen LogP contribution is 2.37. The van der Waals surface area contributed by atoms with E-state index in [1.807, 2.05) is 0 Å². The Hall–Kier alpha value is -0.890. The molecule has 0 bridgehead atoms. The zero-order chi connectivity index (χ0) is 10.9. The SMILES string of the molecule is CC(O)(CC1CCC1)c1cccc(F)c1. The van der Waals surface area contributed by atoms with Gasteiger partial charge < -0.3 is 5.11 Å². The standard InChI is InChI=1S/C13H17FO/c1-13(15,9-10-4-2-5-10)11-6-3-7-12(14)8-11/h3,6-8,10,15H,2,4-5,9H2,1H3. The second-order valence-electron chi connectivity index (χ2n) is 4.79. The van der Waals surface area contributed by atoms with Crippen LogP contribution in [0.5, 0.6) is 0 Å². The molecule has 2 rings (SSSR count). The van der Waals surface area contributed by atoms with Gasteiger partial charge in [0.05, 0.1) is 5.60 Å². The molecule has 0 aromatic heterocycles. The van der Waals surface area contributed by atoms with Gasteiger partial charge in [-0.25, -0.2) is 4.39 Å². The van der Waals surface area contributed by atoms with Crippen LogP contribution in [0.15, 0.2) is 24.3 Å². The highest BCUT2D eigenvalue weighted by atomic mass is 19.1. The van der Waals surface area contributed by atoms with E-state index in [4.69, 9.17) is 0 Å². The van der Waals surface area contributed by atoms with Gasteiger partial charge in [-0.15, -0.1) is 0 Å². The predicted molar refractivity (Wildman–Crippen MR) is 57.9 cm³/mol. The van der Waals surface area contributed by atoms with Crippen molar-refractivity contribution < 1.29 is 9.50 Å².